The lowest BCUT2D eigenvalue weighted by atomic mass is 9.80. The van der Waals surface area contributed by atoms with Crippen LogP contribution in [0.4, 0.5) is 0 Å². The minimum atomic E-state index is 0.170. The third kappa shape index (κ3) is 4.98. The topological polar surface area (TPSA) is 35.2 Å². The van der Waals surface area contributed by atoms with Gasteiger partial charge in [-0.2, -0.15) is 0 Å². The van der Waals surface area contributed by atoms with Gasteiger partial charge in [0.2, 0.25) is 0 Å². The molecule has 2 nitrogen and oxygen atoms in total. The van der Waals surface area contributed by atoms with E-state index in [-0.39, 0.29) is 6.10 Å². The molecule has 3 heteroatoms. The Morgan fingerprint density at radius 2 is 1.70 bits per heavy atom. The van der Waals surface area contributed by atoms with Gasteiger partial charge in [-0.25, -0.2) is 0 Å². The van der Waals surface area contributed by atoms with Crippen LogP contribution in [0.25, 0.3) is 0 Å². The first-order valence-electron chi connectivity index (χ1n) is 8.23. The number of ether oxygens (including phenoxy) is 1. The highest BCUT2D eigenvalue weighted by atomic mass is 35.5. The van der Waals surface area contributed by atoms with E-state index in [9.17, 15) is 0 Å². The molecule has 0 amide bonds. The van der Waals surface area contributed by atoms with E-state index in [0.717, 1.165) is 17.2 Å². The zero-order chi connectivity index (χ0) is 16.8. The van der Waals surface area contributed by atoms with E-state index in [1.165, 1.54) is 11.1 Å². The lowest BCUT2D eigenvalue weighted by Gasteiger charge is -2.25. The molecule has 2 aromatic carbocycles. The van der Waals surface area contributed by atoms with Crippen LogP contribution in [-0.2, 0) is 0 Å². The zero-order valence-corrected chi connectivity index (χ0v) is 14.9. The third-order valence-corrected chi connectivity index (χ3v) is 4.35. The zero-order valence-electron chi connectivity index (χ0n) is 14.1. The number of hydrogen-bond acceptors (Lipinski definition) is 2. The van der Waals surface area contributed by atoms with Crippen molar-refractivity contribution in [2.45, 2.75) is 45.1 Å². The smallest absolute Gasteiger partial charge is 0.119 e. The fraction of sp³-hybridized carbons (Fsp3) is 0.400. The van der Waals surface area contributed by atoms with E-state index in [4.69, 9.17) is 22.1 Å². The van der Waals surface area contributed by atoms with Gasteiger partial charge < -0.3 is 10.5 Å². The third-order valence-electron chi connectivity index (χ3n) is 4.11. The Hall–Kier alpha value is -1.51. The van der Waals surface area contributed by atoms with Gasteiger partial charge in [0.05, 0.1) is 6.10 Å². The molecule has 0 aliphatic rings. The van der Waals surface area contributed by atoms with Crippen LogP contribution < -0.4 is 10.5 Å². The van der Waals surface area contributed by atoms with Gasteiger partial charge in [-0.05, 0) is 74.0 Å². The summed E-state index contributed by atoms with van der Waals surface area (Å²) in [6.07, 6.45) is 1.10. The van der Waals surface area contributed by atoms with E-state index in [2.05, 4.69) is 31.2 Å². The highest BCUT2D eigenvalue weighted by molar-refractivity contribution is 6.30. The molecule has 2 aromatic rings. The van der Waals surface area contributed by atoms with Crippen LogP contribution in [0.5, 0.6) is 5.75 Å². The van der Waals surface area contributed by atoms with Crippen molar-refractivity contribution in [1.29, 1.82) is 0 Å². The first-order valence-corrected chi connectivity index (χ1v) is 8.61. The first-order chi connectivity index (χ1) is 11.0. The monoisotopic (exact) mass is 331 g/mol. The molecule has 0 aromatic heterocycles. The second kappa shape index (κ2) is 8.37. The molecule has 0 aliphatic heterocycles. The van der Waals surface area contributed by atoms with Crippen LogP contribution in [0, 0.1) is 0 Å². The number of nitrogens with two attached hydrogens (primary N) is 1. The molecule has 124 valence electrons. The van der Waals surface area contributed by atoms with Crippen molar-refractivity contribution in [3.05, 3.63) is 64.7 Å². The van der Waals surface area contributed by atoms with Gasteiger partial charge in [0.15, 0.2) is 0 Å². The lowest BCUT2D eigenvalue weighted by Crippen LogP contribution is -2.14. The average Bonchev–Trinajstić information content (AvgIpc) is 2.51. The molecular formula is C20H26ClNO. The summed E-state index contributed by atoms with van der Waals surface area (Å²) >= 11 is 6.15. The predicted molar refractivity (Wildman–Crippen MR) is 98.5 cm³/mol. The lowest BCUT2D eigenvalue weighted by molar-refractivity contribution is 0.242. The molecule has 0 aliphatic carbocycles. The normalized spacial score (nSPS) is 13.8. The van der Waals surface area contributed by atoms with Gasteiger partial charge in [0.25, 0.3) is 0 Å². The molecular weight excluding hydrogens is 306 g/mol. The SMILES string of the molecule is CC(C)Oc1cccc(C(CCN)C(C)c2cccc(Cl)c2)c1. The van der Waals surface area contributed by atoms with Crippen LogP contribution >= 0.6 is 11.6 Å². The molecule has 0 fully saturated rings. The Morgan fingerprint density at radius 3 is 2.35 bits per heavy atom. The van der Waals surface area contributed by atoms with Crippen molar-refractivity contribution >= 4 is 11.6 Å². The van der Waals surface area contributed by atoms with Crippen LogP contribution in [0.15, 0.2) is 48.5 Å². The number of rotatable bonds is 7. The van der Waals surface area contributed by atoms with E-state index in [0.29, 0.717) is 18.4 Å². The van der Waals surface area contributed by atoms with Crippen molar-refractivity contribution in [2.24, 2.45) is 5.73 Å². The van der Waals surface area contributed by atoms with Crippen LogP contribution in [0.1, 0.15) is 50.2 Å². The molecule has 0 saturated carbocycles. The van der Waals surface area contributed by atoms with Gasteiger partial charge in [0.1, 0.15) is 5.75 Å². The van der Waals surface area contributed by atoms with Crippen molar-refractivity contribution in [2.75, 3.05) is 6.54 Å². The maximum atomic E-state index is 6.15. The highest BCUT2D eigenvalue weighted by Crippen LogP contribution is 2.37. The molecule has 0 heterocycles. The van der Waals surface area contributed by atoms with Gasteiger partial charge in [-0.15, -0.1) is 0 Å². The van der Waals surface area contributed by atoms with Crippen molar-refractivity contribution in [3.8, 4) is 5.75 Å². The molecule has 2 atom stereocenters. The van der Waals surface area contributed by atoms with Gasteiger partial charge >= 0.3 is 0 Å². The van der Waals surface area contributed by atoms with E-state index < -0.39 is 0 Å². The number of halogens is 1. The molecule has 0 bridgehead atoms. The quantitative estimate of drug-likeness (QED) is 0.740. The Bertz CT molecular complexity index is 627. The standard InChI is InChI=1S/C20H26ClNO/c1-14(2)23-19-9-5-7-17(13-19)20(10-11-22)15(3)16-6-4-8-18(21)12-16/h4-9,12-15,20H,10-11,22H2,1-3H3. The van der Waals surface area contributed by atoms with E-state index in [1.807, 2.05) is 38.1 Å². The Balaban J connectivity index is 2.30. The van der Waals surface area contributed by atoms with Crippen LogP contribution in [0.3, 0.4) is 0 Å². The summed E-state index contributed by atoms with van der Waals surface area (Å²) in [6, 6.07) is 16.5. The van der Waals surface area contributed by atoms with Gasteiger partial charge in [-0.1, -0.05) is 42.8 Å². The molecule has 0 saturated heterocycles. The maximum absolute atomic E-state index is 6.15. The van der Waals surface area contributed by atoms with Crippen LogP contribution in [0.2, 0.25) is 5.02 Å². The number of benzene rings is 2. The predicted octanol–water partition coefficient (Wildman–Crippen LogP) is 5.36. The fourth-order valence-corrected chi connectivity index (χ4v) is 3.20. The summed E-state index contributed by atoms with van der Waals surface area (Å²) in [6.45, 7) is 6.98. The van der Waals surface area contributed by atoms with Crippen molar-refractivity contribution < 1.29 is 4.74 Å². The molecule has 2 rings (SSSR count). The maximum Gasteiger partial charge on any atom is 0.119 e. The van der Waals surface area contributed by atoms with E-state index in [1.54, 1.807) is 0 Å². The average molecular weight is 332 g/mol. The molecule has 2 N–H and O–H groups in total. The summed E-state index contributed by atoms with van der Waals surface area (Å²) in [7, 11) is 0. The molecule has 23 heavy (non-hydrogen) atoms. The van der Waals surface area contributed by atoms with Crippen molar-refractivity contribution in [3.63, 3.8) is 0 Å². The van der Waals surface area contributed by atoms with Gasteiger partial charge in [0, 0.05) is 5.02 Å². The van der Waals surface area contributed by atoms with Gasteiger partial charge in [-0.3, -0.25) is 0 Å². The number of hydrogen-bond donors (Lipinski definition) is 1. The second-order valence-electron chi connectivity index (χ2n) is 6.27. The largest absolute Gasteiger partial charge is 0.491 e. The van der Waals surface area contributed by atoms with Crippen LogP contribution in [-0.4, -0.2) is 12.6 Å². The molecule has 0 radical (unpaired) electrons. The minimum absolute atomic E-state index is 0.170. The molecule has 2 unspecified atom stereocenters. The summed E-state index contributed by atoms with van der Waals surface area (Å²) in [5.41, 5.74) is 8.38. The summed E-state index contributed by atoms with van der Waals surface area (Å²) in [5.74, 6) is 1.60. The Kier molecular flexibility index (Phi) is 6.49. The second-order valence-corrected chi connectivity index (χ2v) is 6.70. The highest BCUT2D eigenvalue weighted by Gasteiger charge is 2.21. The summed E-state index contributed by atoms with van der Waals surface area (Å²) in [5, 5.41) is 0.776. The minimum Gasteiger partial charge on any atom is -0.491 e. The Morgan fingerprint density at radius 1 is 1.00 bits per heavy atom. The first kappa shape index (κ1) is 17.8. The fourth-order valence-electron chi connectivity index (χ4n) is 3.00. The summed E-state index contributed by atoms with van der Waals surface area (Å²) in [4.78, 5) is 0. The summed E-state index contributed by atoms with van der Waals surface area (Å²) < 4.78 is 5.84. The Labute approximate surface area is 144 Å². The van der Waals surface area contributed by atoms with E-state index >= 15 is 0 Å². The molecule has 0 spiro atoms. The van der Waals surface area contributed by atoms with Crippen molar-refractivity contribution in [1.82, 2.24) is 0 Å².